The first-order valence-corrected chi connectivity index (χ1v) is 6.37. The van der Waals surface area contributed by atoms with Crippen LogP contribution in [-0.4, -0.2) is 0 Å². The lowest BCUT2D eigenvalue weighted by atomic mass is 10.3. The first-order chi connectivity index (χ1) is 7.65. The number of ether oxygens (including phenoxy) is 1. The van der Waals surface area contributed by atoms with Crippen molar-refractivity contribution in [1.82, 2.24) is 0 Å². The first kappa shape index (κ1) is 12.0. The summed E-state index contributed by atoms with van der Waals surface area (Å²) in [6, 6.07) is 12.8. The molecule has 0 unspecified atom stereocenters. The minimum Gasteiger partial charge on any atom is -0.457 e. The van der Waals surface area contributed by atoms with E-state index in [-0.39, 0.29) is 0 Å². The topological polar surface area (TPSA) is 9.23 Å². The summed E-state index contributed by atoms with van der Waals surface area (Å²) in [7, 11) is 0. The third-order valence-corrected chi connectivity index (χ3v) is 3.76. The predicted octanol–water partition coefficient (Wildman–Crippen LogP) is 5.39. The molecule has 16 heavy (non-hydrogen) atoms. The van der Waals surface area contributed by atoms with Crippen molar-refractivity contribution in [3.8, 4) is 11.5 Å². The van der Waals surface area contributed by atoms with Gasteiger partial charge in [0, 0.05) is 14.7 Å². The molecule has 2 aromatic carbocycles. The summed E-state index contributed by atoms with van der Waals surface area (Å²) in [5.74, 6) is 1.45. The van der Waals surface area contributed by atoms with E-state index in [9.17, 15) is 0 Å². The largest absolute Gasteiger partial charge is 0.457 e. The smallest absolute Gasteiger partial charge is 0.128 e. The van der Waals surface area contributed by atoms with Crippen LogP contribution in [-0.2, 0) is 0 Å². The molecule has 0 heterocycles. The maximum absolute atomic E-state index is 6.00. The number of hydrogen-bond donors (Lipinski definition) is 0. The molecular weight excluding hydrogens is 358 g/mol. The van der Waals surface area contributed by atoms with E-state index in [0.717, 1.165) is 9.32 Å². The second kappa shape index (κ2) is 5.25. The zero-order valence-electron chi connectivity index (χ0n) is 8.08. The van der Waals surface area contributed by atoms with E-state index in [0.29, 0.717) is 15.8 Å². The van der Waals surface area contributed by atoms with Gasteiger partial charge in [-0.05, 0) is 59.0 Å². The lowest BCUT2D eigenvalue weighted by Gasteiger charge is -2.06. The minimum atomic E-state index is 0.687. The van der Waals surface area contributed by atoms with Gasteiger partial charge in [0.25, 0.3) is 0 Å². The van der Waals surface area contributed by atoms with Gasteiger partial charge in [0.2, 0.25) is 0 Å². The van der Waals surface area contributed by atoms with Gasteiger partial charge < -0.3 is 4.74 Å². The second-order valence-corrected chi connectivity index (χ2v) is 5.14. The molecule has 0 aliphatic carbocycles. The van der Waals surface area contributed by atoms with E-state index in [4.69, 9.17) is 27.9 Å². The monoisotopic (exact) mass is 364 g/mol. The Morgan fingerprint density at radius 2 is 1.50 bits per heavy atom. The fraction of sp³-hybridized carbons (Fsp3) is 0. The standard InChI is InChI=1S/C12H7Cl2IO/c13-8-1-3-9(4-2-8)16-10-5-6-12(15)11(14)7-10/h1-7H. The van der Waals surface area contributed by atoms with Crippen molar-refractivity contribution in [3.05, 3.63) is 56.1 Å². The van der Waals surface area contributed by atoms with Gasteiger partial charge in [-0.25, -0.2) is 0 Å². The van der Waals surface area contributed by atoms with Gasteiger partial charge in [0.15, 0.2) is 0 Å². The fourth-order valence-corrected chi connectivity index (χ4v) is 1.81. The highest BCUT2D eigenvalue weighted by molar-refractivity contribution is 14.1. The molecule has 1 nitrogen and oxygen atoms in total. The SMILES string of the molecule is Clc1ccc(Oc2ccc(I)c(Cl)c2)cc1. The van der Waals surface area contributed by atoms with Gasteiger partial charge in [-0.2, -0.15) is 0 Å². The Morgan fingerprint density at radius 1 is 0.875 bits per heavy atom. The molecule has 0 saturated heterocycles. The molecule has 0 amide bonds. The van der Waals surface area contributed by atoms with Crippen LogP contribution < -0.4 is 4.74 Å². The molecule has 0 spiro atoms. The van der Waals surface area contributed by atoms with Crippen LogP contribution in [0.25, 0.3) is 0 Å². The Balaban J connectivity index is 2.20. The predicted molar refractivity (Wildman–Crippen MR) is 75.7 cm³/mol. The highest BCUT2D eigenvalue weighted by Crippen LogP contribution is 2.28. The summed E-state index contributed by atoms with van der Waals surface area (Å²) in [6.45, 7) is 0. The molecule has 2 rings (SSSR count). The summed E-state index contributed by atoms with van der Waals surface area (Å²) >= 11 is 14.0. The molecule has 0 aromatic heterocycles. The Kier molecular flexibility index (Phi) is 3.95. The van der Waals surface area contributed by atoms with E-state index in [1.807, 2.05) is 24.3 Å². The Hall–Kier alpha value is -0.450. The molecule has 82 valence electrons. The van der Waals surface area contributed by atoms with Crippen LogP contribution in [0.3, 0.4) is 0 Å². The van der Waals surface area contributed by atoms with Gasteiger partial charge in [0.1, 0.15) is 11.5 Å². The molecule has 0 radical (unpaired) electrons. The van der Waals surface area contributed by atoms with E-state index in [1.165, 1.54) is 0 Å². The van der Waals surface area contributed by atoms with E-state index in [1.54, 1.807) is 18.2 Å². The molecule has 0 saturated carbocycles. The fourth-order valence-electron chi connectivity index (χ4n) is 1.18. The molecule has 0 aliphatic rings. The summed E-state index contributed by atoms with van der Waals surface area (Å²) in [5, 5.41) is 1.38. The molecular formula is C12H7Cl2IO. The summed E-state index contributed by atoms with van der Waals surface area (Å²) in [4.78, 5) is 0. The van der Waals surface area contributed by atoms with Gasteiger partial charge in [0.05, 0.1) is 5.02 Å². The Morgan fingerprint density at radius 3 is 2.12 bits per heavy atom. The number of benzene rings is 2. The highest BCUT2D eigenvalue weighted by Gasteiger charge is 2.01. The third-order valence-electron chi connectivity index (χ3n) is 1.94. The molecule has 0 bridgehead atoms. The summed E-state index contributed by atoms with van der Waals surface area (Å²) in [5.41, 5.74) is 0. The van der Waals surface area contributed by atoms with Crippen molar-refractivity contribution in [2.45, 2.75) is 0 Å². The van der Waals surface area contributed by atoms with Crippen LogP contribution in [0.1, 0.15) is 0 Å². The zero-order valence-corrected chi connectivity index (χ0v) is 11.8. The molecule has 4 heteroatoms. The van der Waals surface area contributed by atoms with Gasteiger partial charge in [-0.15, -0.1) is 0 Å². The van der Waals surface area contributed by atoms with Crippen molar-refractivity contribution in [2.75, 3.05) is 0 Å². The molecule has 0 aliphatic heterocycles. The second-order valence-electron chi connectivity index (χ2n) is 3.13. The quantitative estimate of drug-likeness (QED) is 0.649. The minimum absolute atomic E-state index is 0.687. The van der Waals surface area contributed by atoms with E-state index >= 15 is 0 Å². The first-order valence-electron chi connectivity index (χ1n) is 4.53. The van der Waals surface area contributed by atoms with Crippen molar-refractivity contribution in [3.63, 3.8) is 0 Å². The van der Waals surface area contributed by atoms with Crippen LogP contribution in [0, 0.1) is 3.57 Å². The summed E-state index contributed by atoms with van der Waals surface area (Å²) in [6.07, 6.45) is 0. The van der Waals surface area contributed by atoms with Gasteiger partial charge in [-0.1, -0.05) is 23.2 Å². The maximum Gasteiger partial charge on any atom is 0.128 e. The molecule has 0 fully saturated rings. The number of halogens is 3. The van der Waals surface area contributed by atoms with Crippen molar-refractivity contribution in [2.24, 2.45) is 0 Å². The van der Waals surface area contributed by atoms with Crippen molar-refractivity contribution >= 4 is 45.8 Å². The van der Waals surface area contributed by atoms with Gasteiger partial charge >= 0.3 is 0 Å². The number of rotatable bonds is 2. The normalized spacial score (nSPS) is 10.2. The van der Waals surface area contributed by atoms with Crippen LogP contribution in [0.2, 0.25) is 10.0 Å². The molecule has 0 N–H and O–H groups in total. The van der Waals surface area contributed by atoms with Gasteiger partial charge in [-0.3, -0.25) is 0 Å². The van der Waals surface area contributed by atoms with Crippen molar-refractivity contribution in [1.29, 1.82) is 0 Å². The lowest BCUT2D eigenvalue weighted by Crippen LogP contribution is -1.84. The maximum atomic E-state index is 6.00. The average Bonchev–Trinajstić information content (AvgIpc) is 2.27. The Labute approximate surface area is 117 Å². The third kappa shape index (κ3) is 3.03. The molecule has 2 aromatic rings. The average molecular weight is 365 g/mol. The zero-order chi connectivity index (χ0) is 11.5. The van der Waals surface area contributed by atoms with Crippen LogP contribution >= 0.6 is 45.8 Å². The van der Waals surface area contributed by atoms with Crippen molar-refractivity contribution < 1.29 is 4.74 Å². The van der Waals surface area contributed by atoms with Crippen LogP contribution in [0.4, 0.5) is 0 Å². The van der Waals surface area contributed by atoms with E-state index < -0.39 is 0 Å². The van der Waals surface area contributed by atoms with Crippen LogP contribution in [0.5, 0.6) is 11.5 Å². The molecule has 0 atom stereocenters. The van der Waals surface area contributed by atoms with E-state index in [2.05, 4.69) is 22.6 Å². The summed E-state index contributed by atoms with van der Waals surface area (Å²) < 4.78 is 6.63. The number of hydrogen-bond acceptors (Lipinski definition) is 1. The highest BCUT2D eigenvalue weighted by atomic mass is 127. The Bertz CT molecular complexity index is 497. The lowest BCUT2D eigenvalue weighted by molar-refractivity contribution is 0.482. The van der Waals surface area contributed by atoms with Crippen LogP contribution in [0.15, 0.2) is 42.5 Å².